The van der Waals surface area contributed by atoms with Crippen molar-refractivity contribution in [3.8, 4) is 5.75 Å². The molecule has 32 heavy (non-hydrogen) atoms. The van der Waals surface area contributed by atoms with Crippen LogP contribution >= 0.6 is 27.3 Å². The highest BCUT2D eigenvalue weighted by Gasteiger charge is 2.34. The Bertz CT molecular complexity index is 995. The molecular formula is C24H30BrNO5S. The van der Waals surface area contributed by atoms with Crippen molar-refractivity contribution < 1.29 is 23.8 Å². The molecule has 174 valence electrons. The van der Waals surface area contributed by atoms with Gasteiger partial charge in [0.25, 0.3) is 5.91 Å². The van der Waals surface area contributed by atoms with Gasteiger partial charge in [-0.15, -0.1) is 11.3 Å². The van der Waals surface area contributed by atoms with Crippen molar-refractivity contribution in [1.82, 2.24) is 0 Å². The molecule has 1 atom stereocenters. The molecule has 8 heteroatoms. The van der Waals surface area contributed by atoms with Gasteiger partial charge in [0, 0.05) is 16.5 Å². The number of carbonyl (C=O) groups is 2. The molecule has 0 bridgehead atoms. The van der Waals surface area contributed by atoms with Crippen LogP contribution in [0, 0.1) is 11.3 Å². The summed E-state index contributed by atoms with van der Waals surface area (Å²) in [5, 5.41) is 3.49. The second kappa shape index (κ2) is 10.4. The molecule has 1 aromatic heterocycles. The van der Waals surface area contributed by atoms with Crippen LogP contribution in [0.2, 0.25) is 0 Å². The number of halogens is 1. The molecule has 6 nitrogen and oxygen atoms in total. The van der Waals surface area contributed by atoms with Gasteiger partial charge in [0.2, 0.25) is 0 Å². The van der Waals surface area contributed by atoms with Crippen molar-refractivity contribution in [2.24, 2.45) is 11.3 Å². The fraction of sp³-hybridized carbons (Fsp3) is 0.500. The Kier molecular flexibility index (Phi) is 8.01. The molecule has 1 heterocycles. The van der Waals surface area contributed by atoms with Crippen molar-refractivity contribution in [2.75, 3.05) is 32.8 Å². The Morgan fingerprint density at radius 2 is 1.97 bits per heavy atom. The third-order valence-electron chi connectivity index (χ3n) is 5.84. The van der Waals surface area contributed by atoms with Crippen LogP contribution in [-0.2, 0) is 22.3 Å². The molecule has 1 unspecified atom stereocenters. The lowest BCUT2D eigenvalue weighted by Crippen LogP contribution is -2.26. The van der Waals surface area contributed by atoms with Crippen LogP contribution in [0.4, 0.5) is 5.00 Å². The zero-order valence-electron chi connectivity index (χ0n) is 19.2. The number of rotatable bonds is 7. The summed E-state index contributed by atoms with van der Waals surface area (Å²) >= 11 is 4.90. The molecule has 1 N–H and O–H groups in total. The predicted octanol–water partition coefficient (Wildman–Crippen LogP) is 5.73. The molecule has 1 aliphatic rings. The van der Waals surface area contributed by atoms with Gasteiger partial charge in [-0.3, -0.25) is 4.79 Å². The molecule has 0 radical (unpaired) electrons. The highest BCUT2D eigenvalue weighted by molar-refractivity contribution is 9.10. The number of carbonyl (C=O) groups excluding carboxylic acids is 2. The number of nitrogens with one attached hydrogen (secondary N) is 1. The van der Waals surface area contributed by atoms with Gasteiger partial charge in [-0.2, -0.15) is 0 Å². The van der Waals surface area contributed by atoms with Crippen LogP contribution in [0.25, 0.3) is 0 Å². The van der Waals surface area contributed by atoms with Crippen LogP contribution in [0.5, 0.6) is 5.75 Å². The highest BCUT2D eigenvalue weighted by Crippen LogP contribution is 2.44. The number of hydrogen-bond donors (Lipinski definition) is 1. The van der Waals surface area contributed by atoms with Crippen LogP contribution in [0.3, 0.4) is 0 Å². The molecule has 0 fully saturated rings. The van der Waals surface area contributed by atoms with Crippen molar-refractivity contribution in [1.29, 1.82) is 0 Å². The van der Waals surface area contributed by atoms with Crippen molar-refractivity contribution in [3.05, 3.63) is 44.2 Å². The molecule has 3 rings (SSSR count). The summed E-state index contributed by atoms with van der Waals surface area (Å²) < 4.78 is 16.6. The second-order valence-electron chi connectivity index (χ2n) is 8.94. The van der Waals surface area contributed by atoms with E-state index in [4.69, 9.17) is 14.2 Å². The summed E-state index contributed by atoms with van der Waals surface area (Å²) in [5.74, 6) is 0.220. The minimum Gasteiger partial charge on any atom is -0.490 e. The third kappa shape index (κ3) is 5.53. The first-order valence-electron chi connectivity index (χ1n) is 10.6. The number of thiophene rings is 1. The second-order valence-corrected chi connectivity index (χ2v) is 11.0. The zero-order chi connectivity index (χ0) is 23.5. The number of esters is 1. The van der Waals surface area contributed by atoms with E-state index in [0.29, 0.717) is 41.0 Å². The number of methoxy groups -OCH3 is 2. The Hall–Kier alpha value is -1.90. The van der Waals surface area contributed by atoms with E-state index < -0.39 is 5.97 Å². The topological polar surface area (TPSA) is 73.9 Å². The van der Waals surface area contributed by atoms with E-state index in [1.165, 1.54) is 18.4 Å². The lowest BCUT2D eigenvalue weighted by Gasteiger charge is -2.33. The van der Waals surface area contributed by atoms with Gasteiger partial charge < -0.3 is 19.5 Å². The third-order valence-corrected chi connectivity index (χ3v) is 7.50. The molecule has 1 aromatic carbocycles. The Balaban J connectivity index is 1.92. The van der Waals surface area contributed by atoms with Crippen molar-refractivity contribution in [3.63, 3.8) is 0 Å². The van der Waals surface area contributed by atoms with E-state index in [1.54, 1.807) is 19.2 Å². The van der Waals surface area contributed by atoms with Gasteiger partial charge in [0.1, 0.15) is 17.4 Å². The van der Waals surface area contributed by atoms with E-state index in [0.717, 1.165) is 34.2 Å². The maximum absolute atomic E-state index is 13.2. The fourth-order valence-corrected chi connectivity index (χ4v) is 5.61. The summed E-state index contributed by atoms with van der Waals surface area (Å²) in [6, 6.07) is 5.26. The molecule has 1 aliphatic carbocycles. The van der Waals surface area contributed by atoms with E-state index in [9.17, 15) is 9.59 Å². The van der Waals surface area contributed by atoms with Gasteiger partial charge in [-0.1, -0.05) is 36.7 Å². The van der Waals surface area contributed by atoms with Crippen molar-refractivity contribution >= 4 is 44.1 Å². The standard InChI is InChI=1S/C24H30BrNO5S/c1-24(2,3)14-6-8-16-19(12-14)32-22(20(16)23(28)30-5)26-21(27)17-13-15(25)7-9-18(17)31-11-10-29-4/h7,9,13-14H,6,8,10-12H2,1-5H3,(H,26,27). The summed E-state index contributed by atoms with van der Waals surface area (Å²) in [6.45, 7) is 7.49. The number of ether oxygens (including phenoxy) is 3. The molecule has 1 amide bonds. The predicted molar refractivity (Wildman–Crippen MR) is 130 cm³/mol. The molecule has 2 aromatic rings. The van der Waals surface area contributed by atoms with Gasteiger partial charge in [-0.25, -0.2) is 4.79 Å². The lowest BCUT2D eigenvalue weighted by molar-refractivity contribution is 0.0600. The Labute approximate surface area is 201 Å². The minimum absolute atomic E-state index is 0.182. The minimum atomic E-state index is -0.419. The number of hydrogen-bond acceptors (Lipinski definition) is 6. The van der Waals surface area contributed by atoms with Gasteiger partial charge in [0.15, 0.2) is 0 Å². The average molecular weight is 524 g/mol. The van der Waals surface area contributed by atoms with E-state index >= 15 is 0 Å². The van der Waals surface area contributed by atoms with E-state index in [1.807, 2.05) is 6.07 Å². The molecule has 0 saturated carbocycles. The van der Waals surface area contributed by atoms with Crippen LogP contribution in [-0.4, -0.2) is 39.3 Å². The van der Waals surface area contributed by atoms with E-state index in [2.05, 4.69) is 42.0 Å². The van der Waals surface area contributed by atoms with Gasteiger partial charge in [-0.05, 0) is 54.4 Å². The largest absolute Gasteiger partial charge is 0.490 e. The quantitative estimate of drug-likeness (QED) is 0.370. The van der Waals surface area contributed by atoms with Crippen molar-refractivity contribution in [2.45, 2.75) is 40.0 Å². The van der Waals surface area contributed by atoms with Gasteiger partial charge in [0.05, 0.1) is 24.8 Å². The summed E-state index contributed by atoms with van der Waals surface area (Å²) in [7, 11) is 2.96. The summed E-state index contributed by atoms with van der Waals surface area (Å²) in [4.78, 5) is 27.0. The van der Waals surface area contributed by atoms with Crippen LogP contribution < -0.4 is 10.1 Å². The zero-order valence-corrected chi connectivity index (χ0v) is 21.6. The molecule has 0 aliphatic heterocycles. The molecule has 0 spiro atoms. The highest BCUT2D eigenvalue weighted by atomic mass is 79.9. The molecular weight excluding hydrogens is 494 g/mol. The summed E-state index contributed by atoms with van der Waals surface area (Å²) in [6.07, 6.45) is 2.70. The maximum atomic E-state index is 13.2. The lowest BCUT2D eigenvalue weighted by atomic mass is 9.72. The fourth-order valence-electron chi connectivity index (χ4n) is 3.94. The van der Waals surface area contributed by atoms with Gasteiger partial charge >= 0.3 is 5.97 Å². The number of anilines is 1. The Morgan fingerprint density at radius 1 is 1.22 bits per heavy atom. The smallest absolute Gasteiger partial charge is 0.341 e. The molecule has 0 saturated heterocycles. The van der Waals surface area contributed by atoms with E-state index in [-0.39, 0.29) is 11.3 Å². The number of amides is 1. The van der Waals surface area contributed by atoms with Crippen LogP contribution in [0.1, 0.15) is 58.3 Å². The number of fused-ring (bicyclic) bond motifs is 1. The normalized spacial score (nSPS) is 15.8. The van der Waals surface area contributed by atoms with Crippen LogP contribution in [0.15, 0.2) is 22.7 Å². The maximum Gasteiger partial charge on any atom is 0.341 e. The first kappa shape index (κ1) is 24.7. The monoisotopic (exact) mass is 523 g/mol. The number of benzene rings is 1. The average Bonchev–Trinajstić information content (AvgIpc) is 3.10. The first-order chi connectivity index (χ1) is 15.2. The SMILES string of the molecule is COCCOc1ccc(Br)cc1C(=O)Nc1sc2c(c1C(=O)OC)CCC(C(C)(C)C)C2. The summed E-state index contributed by atoms with van der Waals surface area (Å²) in [5.41, 5.74) is 2.04. The first-order valence-corrected chi connectivity index (χ1v) is 12.2. The Morgan fingerprint density at radius 3 is 2.62 bits per heavy atom.